The minimum atomic E-state index is 0.840. The lowest BCUT2D eigenvalue weighted by molar-refractivity contribution is 0.669. The Balaban J connectivity index is 1.03. The number of aromatic nitrogens is 1. The first kappa shape index (κ1) is 34.5. The first-order chi connectivity index (χ1) is 30.7. The molecule has 10 aromatic carbocycles. The van der Waals surface area contributed by atoms with Gasteiger partial charge in [-0.05, 0) is 106 Å². The average Bonchev–Trinajstić information content (AvgIpc) is 4.01. The Labute approximate surface area is 356 Å². The van der Waals surface area contributed by atoms with Gasteiger partial charge in [-0.2, -0.15) is 0 Å². The number of furan rings is 2. The standard InChI is InChI=1S/C58H36N2O2/c1-2-13-37(14-3-1)41-27-31-52(60-51-21-9-6-17-44(51)49-34-39-15-4-5-16-40(39)35-54(49)60)48(33-41)38-25-28-42(29-26-38)59(43-30-32-57-50(36-43)46-19-8-10-23-55(46)61-57)53-22-12-20-47-45-18-7-11-24-56(45)62-58(47)53/h1-36H. The van der Waals surface area contributed by atoms with Crippen LogP contribution in [0.5, 0.6) is 0 Å². The second-order valence-corrected chi connectivity index (χ2v) is 16.1. The third-order valence-corrected chi connectivity index (χ3v) is 12.6. The molecular weight excluding hydrogens is 757 g/mol. The third kappa shape index (κ3) is 5.33. The van der Waals surface area contributed by atoms with Crippen LogP contribution in [0.3, 0.4) is 0 Å². The Kier molecular flexibility index (Phi) is 7.57. The SMILES string of the molecule is c1ccc(-c2ccc(-n3c4ccccc4c4cc5ccccc5cc43)c(-c3ccc(N(c4ccc5oc6ccccc6c5c4)c4cccc5c4oc4ccccc45)cc3)c2)cc1. The fourth-order valence-corrected chi connectivity index (χ4v) is 9.67. The Morgan fingerprint density at radius 1 is 0.339 bits per heavy atom. The molecule has 0 unspecified atom stereocenters. The molecule has 4 heteroatoms. The maximum Gasteiger partial charge on any atom is 0.159 e. The van der Waals surface area contributed by atoms with Crippen LogP contribution in [0.4, 0.5) is 17.1 Å². The molecule has 4 nitrogen and oxygen atoms in total. The third-order valence-electron chi connectivity index (χ3n) is 12.6. The van der Waals surface area contributed by atoms with Crippen molar-refractivity contribution in [2.24, 2.45) is 0 Å². The number of hydrogen-bond acceptors (Lipinski definition) is 3. The Morgan fingerprint density at radius 3 is 1.79 bits per heavy atom. The Hall–Kier alpha value is -8.34. The lowest BCUT2D eigenvalue weighted by Gasteiger charge is -2.26. The highest BCUT2D eigenvalue weighted by molar-refractivity contribution is 6.15. The molecule has 290 valence electrons. The topological polar surface area (TPSA) is 34.5 Å². The molecule has 0 fully saturated rings. The van der Waals surface area contributed by atoms with Crippen molar-refractivity contribution in [2.75, 3.05) is 4.90 Å². The molecule has 3 aromatic heterocycles. The van der Waals surface area contributed by atoms with Gasteiger partial charge in [-0.3, -0.25) is 0 Å². The quantitative estimate of drug-likeness (QED) is 0.168. The monoisotopic (exact) mass is 792 g/mol. The molecule has 0 aliphatic carbocycles. The zero-order valence-corrected chi connectivity index (χ0v) is 33.5. The van der Waals surface area contributed by atoms with Gasteiger partial charge in [0.2, 0.25) is 0 Å². The van der Waals surface area contributed by atoms with Crippen LogP contribution >= 0.6 is 0 Å². The predicted octanol–water partition coefficient (Wildman–Crippen LogP) is 16.5. The van der Waals surface area contributed by atoms with Gasteiger partial charge >= 0.3 is 0 Å². The fraction of sp³-hybridized carbons (Fsp3) is 0. The molecule has 0 saturated carbocycles. The number of para-hydroxylation sites is 4. The molecule has 13 rings (SSSR count). The van der Waals surface area contributed by atoms with E-state index >= 15 is 0 Å². The van der Waals surface area contributed by atoms with Crippen molar-refractivity contribution >= 4 is 93.5 Å². The first-order valence-corrected chi connectivity index (χ1v) is 21.1. The van der Waals surface area contributed by atoms with Crippen molar-refractivity contribution in [1.82, 2.24) is 4.57 Å². The van der Waals surface area contributed by atoms with Gasteiger partial charge in [0.05, 0.1) is 22.4 Å². The van der Waals surface area contributed by atoms with Gasteiger partial charge in [0.1, 0.15) is 16.7 Å². The Morgan fingerprint density at radius 2 is 0.968 bits per heavy atom. The van der Waals surface area contributed by atoms with Crippen LogP contribution in [0.15, 0.2) is 227 Å². The summed E-state index contributed by atoms with van der Waals surface area (Å²) in [5.74, 6) is 0. The molecule has 0 spiro atoms. The number of benzene rings is 10. The molecule has 0 N–H and O–H groups in total. The number of rotatable bonds is 6. The highest BCUT2D eigenvalue weighted by Crippen LogP contribution is 2.45. The van der Waals surface area contributed by atoms with Crippen molar-refractivity contribution < 1.29 is 8.83 Å². The van der Waals surface area contributed by atoms with E-state index in [9.17, 15) is 0 Å². The molecule has 0 saturated heterocycles. The molecule has 0 aliphatic rings. The molecule has 0 radical (unpaired) electrons. The zero-order chi connectivity index (χ0) is 40.7. The number of hydrogen-bond donors (Lipinski definition) is 0. The molecule has 0 bridgehead atoms. The van der Waals surface area contributed by atoms with Crippen molar-refractivity contribution in [3.8, 4) is 27.9 Å². The maximum atomic E-state index is 6.69. The number of nitrogens with zero attached hydrogens (tertiary/aromatic N) is 2. The largest absolute Gasteiger partial charge is 0.456 e. The number of fused-ring (bicyclic) bond motifs is 10. The van der Waals surface area contributed by atoms with E-state index in [1.165, 1.54) is 43.7 Å². The average molecular weight is 793 g/mol. The van der Waals surface area contributed by atoms with Gasteiger partial charge in [0, 0.05) is 49.3 Å². The molecule has 0 amide bonds. The van der Waals surface area contributed by atoms with Gasteiger partial charge in [-0.25, -0.2) is 0 Å². The van der Waals surface area contributed by atoms with Gasteiger partial charge < -0.3 is 18.3 Å². The minimum Gasteiger partial charge on any atom is -0.456 e. The normalized spacial score (nSPS) is 11.9. The van der Waals surface area contributed by atoms with Crippen LogP contribution in [0.1, 0.15) is 0 Å². The summed E-state index contributed by atoms with van der Waals surface area (Å²) in [6, 6.07) is 78.1. The Bertz CT molecular complexity index is 3870. The van der Waals surface area contributed by atoms with Crippen LogP contribution < -0.4 is 4.90 Å². The van der Waals surface area contributed by atoms with E-state index in [0.717, 1.165) is 77.8 Å². The summed E-state index contributed by atoms with van der Waals surface area (Å²) in [6.07, 6.45) is 0. The van der Waals surface area contributed by atoms with E-state index < -0.39 is 0 Å². The summed E-state index contributed by atoms with van der Waals surface area (Å²) in [4.78, 5) is 2.31. The van der Waals surface area contributed by atoms with Gasteiger partial charge in [-0.15, -0.1) is 0 Å². The highest BCUT2D eigenvalue weighted by atomic mass is 16.3. The predicted molar refractivity (Wildman–Crippen MR) is 258 cm³/mol. The van der Waals surface area contributed by atoms with Crippen LogP contribution in [-0.2, 0) is 0 Å². The molecule has 3 heterocycles. The van der Waals surface area contributed by atoms with Gasteiger partial charge in [-0.1, -0.05) is 140 Å². The van der Waals surface area contributed by atoms with Crippen molar-refractivity contribution in [3.05, 3.63) is 218 Å². The van der Waals surface area contributed by atoms with E-state index in [2.05, 4.69) is 204 Å². The second-order valence-electron chi connectivity index (χ2n) is 16.1. The summed E-state index contributed by atoms with van der Waals surface area (Å²) >= 11 is 0. The summed E-state index contributed by atoms with van der Waals surface area (Å²) in [5.41, 5.74) is 14.5. The van der Waals surface area contributed by atoms with E-state index in [1.54, 1.807) is 0 Å². The van der Waals surface area contributed by atoms with E-state index in [1.807, 2.05) is 24.3 Å². The molecule has 13 aromatic rings. The second kappa shape index (κ2) is 13.6. The first-order valence-electron chi connectivity index (χ1n) is 21.1. The summed E-state index contributed by atoms with van der Waals surface area (Å²) in [5, 5.41) is 9.27. The van der Waals surface area contributed by atoms with Crippen molar-refractivity contribution in [2.45, 2.75) is 0 Å². The molecule has 0 atom stereocenters. The van der Waals surface area contributed by atoms with Crippen LogP contribution in [0, 0.1) is 0 Å². The van der Waals surface area contributed by atoms with E-state index in [0.29, 0.717) is 0 Å². The zero-order valence-electron chi connectivity index (χ0n) is 33.5. The van der Waals surface area contributed by atoms with E-state index in [4.69, 9.17) is 8.83 Å². The van der Waals surface area contributed by atoms with Crippen molar-refractivity contribution in [3.63, 3.8) is 0 Å². The maximum absolute atomic E-state index is 6.69. The minimum absolute atomic E-state index is 0.840. The summed E-state index contributed by atoms with van der Waals surface area (Å²) in [7, 11) is 0. The fourth-order valence-electron chi connectivity index (χ4n) is 9.67. The van der Waals surface area contributed by atoms with Crippen molar-refractivity contribution in [1.29, 1.82) is 0 Å². The summed E-state index contributed by atoms with van der Waals surface area (Å²) < 4.78 is 15.4. The molecule has 0 aliphatic heterocycles. The van der Waals surface area contributed by atoms with Crippen LogP contribution in [0.25, 0.3) is 104 Å². The van der Waals surface area contributed by atoms with Gasteiger partial charge in [0.15, 0.2) is 5.58 Å². The molecule has 62 heavy (non-hydrogen) atoms. The smallest absolute Gasteiger partial charge is 0.159 e. The van der Waals surface area contributed by atoms with E-state index in [-0.39, 0.29) is 0 Å². The van der Waals surface area contributed by atoms with Gasteiger partial charge in [0.25, 0.3) is 0 Å². The van der Waals surface area contributed by atoms with Crippen LogP contribution in [-0.4, -0.2) is 4.57 Å². The number of anilines is 3. The summed E-state index contributed by atoms with van der Waals surface area (Å²) in [6.45, 7) is 0. The lowest BCUT2D eigenvalue weighted by Crippen LogP contribution is -2.10. The highest BCUT2D eigenvalue weighted by Gasteiger charge is 2.22. The lowest BCUT2D eigenvalue weighted by atomic mass is 9.96. The van der Waals surface area contributed by atoms with Crippen LogP contribution in [0.2, 0.25) is 0 Å². The molecular formula is C58H36N2O2.